The number of hydrogen-bond donors (Lipinski definition) is 1. The van der Waals surface area contributed by atoms with Crippen molar-refractivity contribution in [2.75, 3.05) is 6.61 Å². The monoisotopic (exact) mass is 208 g/mol. The van der Waals surface area contributed by atoms with Crippen LogP contribution >= 0.6 is 0 Å². The van der Waals surface area contributed by atoms with Crippen LogP contribution in [0.4, 0.5) is 0 Å². The number of carbonyl (C=O) groups is 1. The van der Waals surface area contributed by atoms with E-state index in [0.29, 0.717) is 12.4 Å². The highest BCUT2D eigenvalue weighted by Crippen LogP contribution is 2.21. The summed E-state index contributed by atoms with van der Waals surface area (Å²) in [6, 6.07) is 5.60. The largest absolute Gasteiger partial charge is 0.493 e. The highest BCUT2D eigenvalue weighted by Gasteiger charge is 2.07. The maximum Gasteiger partial charge on any atom is 0.307 e. The van der Waals surface area contributed by atoms with Crippen molar-refractivity contribution < 1.29 is 14.6 Å². The molecule has 3 nitrogen and oxygen atoms in total. The van der Waals surface area contributed by atoms with Crippen molar-refractivity contribution in [3.8, 4) is 5.75 Å². The fraction of sp³-hybridized carbons (Fsp3) is 0.417. The van der Waals surface area contributed by atoms with Crippen LogP contribution in [0.15, 0.2) is 18.2 Å². The minimum absolute atomic E-state index is 0.0132. The second-order valence-corrected chi connectivity index (χ2v) is 3.53. The molecule has 0 spiro atoms. The van der Waals surface area contributed by atoms with Crippen LogP contribution in [-0.4, -0.2) is 17.7 Å². The predicted octanol–water partition coefficient (Wildman–Crippen LogP) is 2.41. The van der Waals surface area contributed by atoms with Gasteiger partial charge >= 0.3 is 5.97 Å². The van der Waals surface area contributed by atoms with Crippen LogP contribution in [0.1, 0.15) is 24.5 Å². The highest BCUT2D eigenvalue weighted by molar-refractivity contribution is 5.71. The van der Waals surface area contributed by atoms with Gasteiger partial charge in [-0.1, -0.05) is 19.1 Å². The summed E-state index contributed by atoms with van der Waals surface area (Å²) in [4.78, 5) is 10.6. The van der Waals surface area contributed by atoms with E-state index >= 15 is 0 Å². The van der Waals surface area contributed by atoms with Gasteiger partial charge in [0.2, 0.25) is 0 Å². The smallest absolute Gasteiger partial charge is 0.307 e. The molecule has 15 heavy (non-hydrogen) atoms. The lowest BCUT2D eigenvalue weighted by Crippen LogP contribution is -2.04. The van der Waals surface area contributed by atoms with E-state index < -0.39 is 5.97 Å². The summed E-state index contributed by atoms with van der Waals surface area (Å²) in [5.74, 6) is -0.139. The van der Waals surface area contributed by atoms with E-state index in [1.165, 1.54) is 0 Å². The number of rotatable bonds is 5. The first-order valence-electron chi connectivity index (χ1n) is 5.07. The Bertz CT molecular complexity index is 345. The van der Waals surface area contributed by atoms with Crippen LogP contribution in [-0.2, 0) is 11.2 Å². The standard InChI is InChI=1S/C12H16O3/c1-3-6-15-11-7-9(2)4-5-10(11)8-12(13)14/h4-5,7H,3,6,8H2,1-2H3,(H,13,14). The average molecular weight is 208 g/mol. The number of carboxylic acids is 1. The topological polar surface area (TPSA) is 46.5 Å². The van der Waals surface area contributed by atoms with Crippen molar-refractivity contribution in [2.24, 2.45) is 0 Å². The molecule has 1 rings (SSSR count). The van der Waals surface area contributed by atoms with Gasteiger partial charge in [-0.2, -0.15) is 0 Å². The van der Waals surface area contributed by atoms with E-state index in [4.69, 9.17) is 9.84 Å². The van der Waals surface area contributed by atoms with E-state index in [-0.39, 0.29) is 6.42 Å². The molecule has 0 amide bonds. The quantitative estimate of drug-likeness (QED) is 0.808. The van der Waals surface area contributed by atoms with Gasteiger partial charge in [0.05, 0.1) is 13.0 Å². The van der Waals surface area contributed by atoms with Crippen LogP contribution in [0.2, 0.25) is 0 Å². The summed E-state index contributed by atoms with van der Waals surface area (Å²) < 4.78 is 5.50. The summed E-state index contributed by atoms with van der Waals surface area (Å²) in [7, 11) is 0. The van der Waals surface area contributed by atoms with Crippen molar-refractivity contribution in [3.63, 3.8) is 0 Å². The summed E-state index contributed by atoms with van der Waals surface area (Å²) in [6.45, 7) is 4.60. The number of carboxylic acid groups (broad SMARTS) is 1. The zero-order valence-electron chi connectivity index (χ0n) is 9.12. The first-order valence-corrected chi connectivity index (χ1v) is 5.07. The molecular weight excluding hydrogens is 192 g/mol. The van der Waals surface area contributed by atoms with Gasteiger partial charge in [-0.15, -0.1) is 0 Å². The summed E-state index contributed by atoms with van der Waals surface area (Å²) in [5.41, 5.74) is 1.82. The Balaban J connectivity index is 2.87. The normalized spacial score (nSPS) is 10.0. The van der Waals surface area contributed by atoms with Crippen LogP contribution in [0.5, 0.6) is 5.75 Å². The Kier molecular flexibility index (Phi) is 4.16. The predicted molar refractivity (Wildman–Crippen MR) is 58.3 cm³/mol. The maximum absolute atomic E-state index is 10.6. The molecule has 0 fully saturated rings. The number of aryl methyl sites for hydroxylation is 1. The van der Waals surface area contributed by atoms with Crippen molar-refractivity contribution in [1.82, 2.24) is 0 Å². The van der Waals surface area contributed by atoms with E-state index in [2.05, 4.69) is 0 Å². The number of benzene rings is 1. The molecule has 0 unspecified atom stereocenters. The molecular formula is C12H16O3. The maximum atomic E-state index is 10.6. The molecule has 1 aromatic rings. The van der Waals surface area contributed by atoms with Crippen molar-refractivity contribution in [2.45, 2.75) is 26.7 Å². The van der Waals surface area contributed by atoms with Gasteiger partial charge in [-0.3, -0.25) is 4.79 Å². The second-order valence-electron chi connectivity index (χ2n) is 3.53. The van der Waals surface area contributed by atoms with E-state index in [1.54, 1.807) is 0 Å². The van der Waals surface area contributed by atoms with Gasteiger partial charge in [0.15, 0.2) is 0 Å². The Hall–Kier alpha value is -1.51. The number of aliphatic carboxylic acids is 1. The molecule has 1 N–H and O–H groups in total. The van der Waals surface area contributed by atoms with Gasteiger partial charge in [0, 0.05) is 5.56 Å². The zero-order chi connectivity index (χ0) is 11.3. The minimum Gasteiger partial charge on any atom is -0.493 e. The van der Waals surface area contributed by atoms with Crippen LogP contribution in [0.3, 0.4) is 0 Å². The summed E-state index contributed by atoms with van der Waals surface area (Å²) in [6.07, 6.45) is 0.930. The molecule has 0 saturated heterocycles. The van der Waals surface area contributed by atoms with Crippen molar-refractivity contribution in [3.05, 3.63) is 29.3 Å². The van der Waals surface area contributed by atoms with Gasteiger partial charge in [0.1, 0.15) is 5.75 Å². The Morgan fingerprint density at radius 2 is 2.20 bits per heavy atom. The van der Waals surface area contributed by atoms with Crippen LogP contribution in [0.25, 0.3) is 0 Å². The molecule has 0 aliphatic carbocycles. The van der Waals surface area contributed by atoms with Crippen molar-refractivity contribution in [1.29, 1.82) is 0 Å². The van der Waals surface area contributed by atoms with Gasteiger partial charge in [-0.25, -0.2) is 0 Å². The zero-order valence-corrected chi connectivity index (χ0v) is 9.12. The van der Waals surface area contributed by atoms with Crippen molar-refractivity contribution >= 4 is 5.97 Å². The second kappa shape index (κ2) is 5.39. The third kappa shape index (κ3) is 3.62. The molecule has 0 aliphatic heterocycles. The number of hydrogen-bond acceptors (Lipinski definition) is 2. The first-order chi connectivity index (χ1) is 7.13. The summed E-state index contributed by atoms with van der Waals surface area (Å²) >= 11 is 0. The van der Waals surface area contributed by atoms with E-state index in [1.807, 2.05) is 32.0 Å². The van der Waals surface area contributed by atoms with Crippen LogP contribution < -0.4 is 4.74 Å². The molecule has 0 aromatic heterocycles. The SMILES string of the molecule is CCCOc1cc(C)ccc1CC(=O)O. The molecule has 0 atom stereocenters. The van der Waals surface area contributed by atoms with Gasteiger partial charge < -0.3 is 9.84 Å². The Labute approximate surface area is 89.7 Å². The minimum atomic E-state index is -0.833. The molecule has 0 bridgehead atoms. The molecule has 3 heteroatoms. The van der Waals surface area contributed by atoms with Crippen LogP contribution in [0, 0.1) is 6.92 Å². The third-order valence-corrected chi connectivity index (χ3v) is 2.03. The first kappa shape index (κ1) is 11.6. The fourth-order valence-corrected chi connectivity index (χ4v) is 1.32. The van der Waals surface area contributed by atoms with E-state index in [0.717, 1.165) is 17.5 Å². The third-order valence-electron chi connectivity index (χ3n) is 2.03. The number of ether oxygens (including phenoxy) is 1. The Morgan fingerprint density at radius 1 is 1.47 bits per heavy atom. The van der Waals surface area contributed by atoms with Gasteiger partial charge in [-0.05, 0) is 25.0 Å². The lowest BCUT2D eigenvalue weighted by molar-refractivity contribution is -0.136. The lowest BCUT2D eigenvalue weighted by atomic mass is 10.1. The van der Waals surface area contributed by atoms with E-state index in [9.17, 15) is 4.79 Å². The molecule has 0 aliphatic rings. The average Bonchev–Trinajstić information content (AvgIpc) is 2.18. The molecule has 1 aromatic carbocycles. The summed E-state index contributed by atoms with van der Waals surface area (Å²) in [5, 5.41) is 8.73. The lowest BCUT2D eigenvalue weighted by Gasteiger charge is -2.10. The van der Waals surface area contributed by atoms with Gasteiger partial charge in [0.25, 0.3) is 0 Å². The Morgan fingerprint density at radius 3 is 2.80 bits per heavy atom. The molecule has 0 heterocycles. The highest BCUT2D eigenvalue weighted by atomic mass is 16.5. The fourth-order valence-electron chi connectivity index (χ4n) is 1.32. The molecule has 82 valence electrons. The molecule has 0 saturated carbocycles. The molecule has 0 radical (unpaired) electrons.